The van der Waals surface area contributed by atoms with Crippen LogP contribution in [0.1, 0.15) is 41.0 Å². The van der Waals surface area contributed by atoms with Crippen LogP contribution in [-0.4, -0.2) is 33.7 Å². The molecule has 30 heavy (non-hydrogen) atoms. The molecule has 1 aliphatic heterocycles. The number of aromatic nitrogens is 2. The molecule has 154 valence electrons. The molecule has 4 rings (SSSR count). The van der Waals surface area contributed by atoms with E-state index in [0.29, 0.717) is 24.7 Å². The third-order valence-corrected chi connectivity index (χ3v) is 5.90. The van der Waals surface area contributed by atoms with Gasteiger partial charge >= 0.3 is 0 Å². The summed E-state index contributed by atoms with van der Waals surface area (Å²) in [5.74, 6) is 0.354. The number of aryl methyl sites for hydroxylation is 2. The third kappa shape index (κ3) is 4.51. The highest BCUT2D eigenvalue weighted by atomic mass is 16.2. The van der Waals surface area contributed by atoms with Crippen molar-refractivity contribution in [3.63, 3.8) is 0 Å². The first kappa shape index (κ1) is 20.1. The maximum absolute atomic E-state index is 13.1. The summed E-state index contributed by atoms with van der Waals surface area (Å²) in [6.07, 6.45) is 4.14. The average Bonchev–Trinajstić information content (AvgIpc) is 2.79. The molecule has 1 amide bonds. The van der Waals surface area contributed by atoms with Crippen molar-refractivity contribution in [2.75, 3.05) is 13.1 Å². The Labute approximate surface area is 177 Å². The van der Waals surface area contributed by atoms with Gasteiger partial charge in [0.2, 0.25) is 5.43 Å². The van der Waals surface area contributed by atoms with Gasteiger partial charge in [-0.3, -0.25) is 9.59 Å². The molecule has 5 nitrogen and oxygen atoms in total. The van der Waals surface area contributed by atoms with Crippen molar-refractivity contribution in [2.45, 2.75) is 32.6 Å². The number of likely N-dealkylation sites (tertiary alicyclic amines) is 1. The number of hydrogen-bond donors (Lipinski definition) is 0. The molecule has 0 atom stereocenters. The number of amides is 1. The van der Waals surface area contributed by atoms with Gasteiger partial charge in [-0.05, 0) is 56.2 Å². The number of carbonyl (C=O) groups excluding carboxylic acids is 1. The van der Waals surface area contributed by atoms with Gasteiger partial charge in [0.15, 0.2) is 5.69 Å². The summed E-state index contributed by atoms with van der Waals surface area (Å²) in [4.78, 5) is 27.3. The van der Waals surface area contributed by atoms with E-state index in [1.807, 2.05) is 43.3 Å². The van der Waals surface area contributed by atoms with Gasteiger partial charge in [0, 0.05) is 24.8 Å². The summed E-state index contributed by atoms with van der Waals surface area (Å²) in [6, 6.07) is 21.6. The lowest BCUT2D eigenvalue weighted by atomic mass is 9.90. The van der Waals surface area contributed by atoms with Crippen LogP contribution >= 0.6 is 0 Å². The number of rotatable bonds is 5. The average molecular weight is 402 g/mol. The van der Waals surface area contributed by atoms with Gasteiger partial charge in [-0.2, -0.15) is 5.10 Å². The minimum atomic E-state index is -0.309. The van der Waals surface area contributed by atoms with E-state index < -0.39 is 0 Å². The van der Waals surface area contributed by atoms with E-state index >= 15 is 0 Å². The lowest BCUT2D eigenvalue weighted by Crippen LogP contribution is -2.41. The smallest absolute Gasteiger partial charge is 0.278 e. The molecule has 2 aromatic carbocycles. The van der Waals surface area contributed by atoms with Gasteiger partial charge in [0.25, 0.3) is 5.91 Å². The molecule has 1 aliphatic rings. The Balaban J connectivity index is 1.42. The molecule has 2 heterocycles. The molecule has 0 aliphatic carbocycles. The molecule has 0 N–H and O–H groups in total. The second-order valence-electron chi connectivity index (χ2n) is 8.01. The first-order valence-corrected chi connectivity index (χ1v) is 10.6. The molecule has 0 spiro atoms. The molecular weight excluding hydrogens is 374 g/mol. The zero-order valence-corrected chi connectivity index (χ0v) is 17.3. The molecule has 1 fully saturated rings. The normalized spacial score (nSPS) is 14.6. The second kappa shape index (κ2) is 9.08. The fourth-order valence-corrected chi connectivity index (χ4v) is 4.12. The quantitative estimate of drug-likeness (QED) is 0.649. The second-order valence-corrected chi connectivity index (χ2v) is 8.01. The first-order chi connectivity index (χ1) is 14.6. The van der Waals surface area contributed by atoms with Crippen LogP contribution in [0.4, 0.5) is 0 Å². The molecule has 1 aromatic heterocycles. The Hall–Kier alpha value is -3.21. The van der Waals surface area contributed by atoms with E-state index in [-0.39, 0.29) is 17.0 Å². The van der Waals surface area contributed by atoms with Crippen LogP contribution in [0.15, 0.2) is 71.5 Å². The lowest BCUT2D eigenvalue weighted by Gasteiger charge is -2.31. The van der Waals surface area contributed by atoms with Crippen molar-refractivity contribution >= 4 is 5.91 Å². The molecule has 5 heteroatoms. The van der Waals surface area contributed by atoms with Gasteiger partial charge in [0.05, 0.1) is 5.69 Å². The number of benzene rings is 2. The van der Waals surface area contributed by atoms with Crippen molar-refractivity contribution in [3.8, 4) is 5.69 Å². The highest BCUT2D eigenvalue weighted by Gasteiger charge is 2.26. The Morgan fingerprint density at radius 3 is 2.30 bits per heavy atom. The maximum atomic E-state index is 13.1. The number of hydrogen-bond acceptors (Lipinski definition) is 3. The monoisotopic (exact) mass is 401 g/mol. The highest BCUT2D eigenvalue weighted by molar-refractivity contribution is 5.92. The van der Waals surface area contributed by atoms with Gasteiger partial charge in [-0.1, -0.05) is 48.5 Å². The SMILES string of the molecule is Cc1cc(=O)c(C(=O)N2CCC(CCc3ccccc3)CC2)nn1-c1ccccc1. The van der Waals surface area contributed by atoms with Crippen LogP contribution in [0.2, 0.25) is 0 Å². The van der Waals surface area contributed by atoms with Crippen molar-refractivity contribution in [3.05, 3.63) is 93.9 Å². The Morgan fingerprint density at radius 1 is 1.00 bits per heavy atom. The van der Waals surface area contributed by atoms with Gasteiger partial charge < -0.3 is 4.90 Å². The number of para-hydroxylation sites is 1. The van der Waals surface area contributed by atoms with Crippen molar-refractivity contribution < 1.29 is 4.79 Å². The fraction of sp³-hybridized carbons (Fsp3) is 0.320. The van der Waals surface area contributed by atoms with Gasteiger partial charge in [0.1, 0.15) is 0 Å². The maximum Gasteiger partial charge on any atom is 0.278 e. The fourth-order valence-electron chi connectivity index (χ4n) is 4.12. The summed E-state index contributed by atoms with van der Waals surface area (Å²) in [6.45, 7) is 3.19. The van der Waals surface area contributed by atoms with E-state index in [4.69, 9.17) is 0 Å². The largest absolute Gasteiger partial charge is 0.337 e. The third-order valence-electron chi connectivity index (χ3n) is 5.90. The van der Waals surface area contributed by atoms with Crippen molar-refractivity contribution in [2.24, 2.45) is 5.92 Å². The van der Waals surface area contributed by atoms with E-state index in [1.165, 1.54) is 11.6 Å². The first-order valence-electron chi connectivity index (χ1n) is 10.6. The van der Waals surface area contributed by atoms with Crippen LogP contribution < -0.4 is 5.43 Å². The van der Waals surface area contributed by atoms with Gasteiger partial charge in [-0.15, -0.1) is 0 Å². The van der Waals surface area contributed by atoms with Crippen molar-refractivity contribution in [1.82, 2.24) is 14.7 Å². The van der Waals surface area contributed by atoms with E-state index in [1.54, 1.807) is 9.58 Å². The summed E-state index contributed by atoms with van der Waals surface area (Å²) in [5, 5.41) is 4.43. The van der Waals surface area contributed by atoms with Crippen LogP contribution in [-0.2, 0) is 6.42 Å². The van der Waals surface area contributed by atoms with Crippen LogP contribution in [0.5, 0.6) is 0 Å². The predicted octanol–water partition coefficient (Wildman–Crippen LogP) is 4.03. The number of carbonyl (C=O) groups is 1. The zero-order valence-electron chi connectivity index (χ0n) is 17.3. The summed E-state index contributed by atoms with van der Waals surface area (Å²) in [5.41, 5.74) is 2.61. The minimum absolute atomic E-state index is 0.00666. The number of nitrogens with zero attached hydrogens (tertiary/aromatic N) is 3. The summed E-state index contributed by atoms with van der Waals surface area (Å²) in [7, 11) is 0. The highest BCUT2D eigenvalue weighted by Crippen LogP contribution is 2.23. The molecule has 0 radical (unpaired) electrons. The molecule has 1 saturated heterocycles. The molecular formula is C25H27N3O2. The van der Waals surface area contributed by atoms with E-state index in [2.05, 4.69) is 29.4 Å². The van der Waals surface area contributed by atoms with E-state index in [0.717, 1.165) is 31.4 Å². The predicted molar refractivity (Wildman–Crippen MR) is 118 cm³/mol. The topological polar surface area (TPSA) is 55.2 Å². The summed E-state index contributed by atoms with van der Waals surface area (Å²) < 4.78 is 1.67. The zero-order chi connectivity index (χ0) is 20.9. The Morgan fingerprint density at radius 2 is 1.63 bits per heavy atom. The molecule has 0 bridgehead atoms. The standard InChI is InChI=1S/C25H27N3O2/c1-19-18-23(29)24(26-28(19)22-10-6-3-7-11-22)25(30)27-16-14-21(15-17-27)13-12-20-8-4-2-5-9-20/h2-11,18,21H,12-17H2,1H3. The van der Waals surface area contributed by atoms with Crippen LogP contribution in [0.25, 0.3) is 5.69 Å². The summed E-state index contributed by atoms with van der Waals surface area (Å²) >= 11 is 0. The number of piperidine rings is 1. The Kier molecular flexibility index (Phi) is 6.07. The molecule has 0 unspecified atom stereocenters. The van der Waals surface area contributed by atoms with Crippen molar-refractivity contribution in [1.29, 1.82) is 0 Å². The van der Waals surface area contributed by atoms with Crippen LogP contribution in [0, 0.1) is 12.8 Å². The molecule has 0 saturated carbocycles. The molecule has 3 aromatic rings. The minimum Gasteiger partial charge on any atom is -0.337 e. The van der Waals surface area contributed by atoms with Crippen LogP contribution in [0.3, 0.4) is 0 Å². The van der Waals surface area contributed by atoms with Gasteiger partial charge in [-0.25, -0.2) is 4.68 Å². The van der Waals surface area contributed by atoms with E-state index in [9.17, 15) is 9.59 Å². The Bertz CT molecular complexity index is 1050. The lowest BCUT2D eigenvalue weighted by molar-refractivity contribution is 0.0677.